The molecule has 98 valence electrons. The van der Waals surface area contributed by atoms with Crippen molar-refractivity contribution < 1.29 is 4.79 Å². The van der Waals surface area contributed by atoms with E-state index < -0.39 is 0 Å². The van der Waals surface area contributed by atoms with E-state index in [1.165, 1.54) is 0 Å². The molecule has 0 atom stereocenters. The van der Waals surface area contributed by atoms with Gasteiger partial charge in [0.2, 0.25) is 0 Å². The Kier molecular flexibility index (Phi) is 5.22. The SMILES string of the molecule is CC(C)NC(=O)c1ccc(C(=S)NC(C)C)nc1. The molecule has 18 heavy (non-hydrogen) atoms. The van der Waals surface area contributed by atoms with Gasteiger partial charge >= 0.3 is 0 Å². The van der Waals surface area contributed by atoms with Gasteiger partial charge in [0.1, 0.15) is 4.99 Å². The lowest BCUT2D eigenvalue weighted by molar-refractivity contribution is 0.0943. The molecule has 0 fully saturated rings. The highest BCUT2D eigenvalue weighted by Gasteiger charge is 2.09. The topological polar surface area (TPSA) is 54.0 Å². The average Bonchev–Trinajstić information content (AvgIpc) is 2.27. The Bertz CT molecular complexity index is 385. The molecule has 0 spiro atoms. The van der Waals surface area contributed by atoms with E-state index in [2.05, 4.69) is 15.6 Å². The van der Waals surface area contributed by atoms with E-state index in [9.17, 15) is 4.79 Å². The van der Waals surface area contributed by atoms with Crippen molar-refractivity contribution in [2.45, 2.75) is 39.8 Å². The van der Waals surface area contributed by atoms with Crippen molar-refractivity contribution in [3.63, 3.8) is 0 Å². The molecule has 0 saturated carbocycles. The number of amides is 1. The summed E-state index contributed by atoms with van der Waals surface area (Å²) >= 11 is 5.20. The Hall–Kier alpha value is -1.49. The number of nitrogens with one attached hydrogen (secondary N) is 2. The number of rotatable bonds is 4. The third-order valence-electron chi connectivity index (χ3n) is 2.10. The van der Waals surface area contributed by atoms with E-state index in [4.69, 9.17) is 12.2 Å². The second kappa shape index (κ2) is 6.44. The molecule has 2 N–H and O–H groups in total. The highest BCUT2D eigenvalue weighted by molar-refractivity contribution is 7.80. The lowest BCUT2D eigenvalue weighted by Gasteiger charge is -2.11. The molecule has 5 heteroatoms. The van der Waals surface area contributed by atoms with Gasteiger partial charge in [-0.15, -0.1) is 0 Å². The minimum Gasteiger partial charge on any atom is -0.372 e. The van der Waals surface area contributed by atoms with Gasteiger partial charge in [-0.3, -0.25) is 9.78 Å². The van der Waals surface area contributed by atoms with Gasteiger partial charge in [0.25, 0.3) is 5.91 Å². The van der Waals surface area contributed by atoms with Crippen LogP contribution in [-0.2, 0) is 0 Å². The molecule has 1 aromatic heterocycles. The summed E-state index contributed by atoms with van der Waals surface area (Å²) in [5.74, 6) is -0.119. The minimum atomic E-state index is -0.119. The lowest BCUT2D eigenvalue weighted by Crippen LogP contribution is -2.31. The van der Waals surface area contributed by atoms with E-state index in [1.54, 1.807) is 18.3 Å². The molecule has 0 unspecified atom stereocenters. The summed E-state index contributed by atoms with van der Waals surface area (Å²) < 4.78 is 0. The number of carbonyl (C=O) groups is 1. The highest BCUT2D eigenvalue weighted by Crippen LogP contribution is 2.02. The van der Waals surface area contributed by atoms with E-state index in [1.807, 2.05) is 27.7 Å². The Balaban J connectivity index is 2.74. The van der Waals surface area contributed by atoms with Gasteiger partial charge < -0.3 is 10.6 Å². The van der Waals surface area contributed by atoms with E-state index in [0.717, 1.165) is 0 Å². The highest BCUT2D eigenvalue weighted by atomic mass is 32.1. The largest absolute Gasteiger partial charge is 0.372 e. The number of hydrogen-bond donors (Lipinski definition) is 2. The van der Waals surface area contributed by atoms with Gasteiger partial charge in [0.15, 0.2) is 0 Å². The summed E-state index contributed by atoms with van der Waals surface area (Å²) in [6.07, 6.45) is 1.54. The van der Waals surface area contributed by atoms with Crippen LogP contribution >= 0.6 is 12.2 Å². The molecule has 0 saturated heterocycles. The fourth-order valence-electron chi connectivity index (χ4n) is 1.34. The van der Waals surface area contributed by atoms with Crippen LogP contribution < -0.4 is 10.6 Å². The zero-order valence-electron chi connectivity index (χ0n) is 11.2. The van der Waals surface area contributed by atoms with Crippen LogP contribution in [0.1, 0.15) is 43.7 Å². The molecule has 0 radical (unpaired) electrons. The predicted octanol–water partition coefficient (Wildman–Crippen LogP) is 1.89. The second-order valence-electron chi connectivity index (χ2n) is 4.69. The summed E-state index contributed by atoms with van der Waals surface area (Å²) in [4.78, 5) is 16.5. The quantitative estimate of drug-likeness (QED) is 0.816. The molecule has 0 aromatic carbocycles. The van der Waals surface area contributed by atoms with Crippen molar-refractivity contribution in [2.75, 3.05) is 0 Å². The fraction of sp³-hybridized carbons (Fsp3) is 0.462. The van der Waals surface area contributed by atoms with Crippen LogP contribution in [-0.4, -0.2) is 28.0 Å². The molecule has 1 heterocycles. The first-order valence-electron chi connectivity index (χ1n) is 5.98. The minimum absolute atomic E-state index is 0.112. The molecule has 1 rings (SSSR count). The van der Waals surface area contributed by atoms with E-state index in [-0.39, 0.29) is 18.0 Å². The smallest absolute Gasteiger partial charge is 0.253 e. The van der Waals surface area contributed by atoms with Crippen LogP contribution in [0, 0.1) is 0 Å². The summed E-state index contributed by atoms with van der Waals surface area (Å²) in [7, 11) is 0. The van der Waals surface area contributed by atoms with Crippen molar-refractivity contribution in [2.24, 2.45) is 0 Å². The maximum absolute atomic E-state index is 11.7. The van der Waals surface area contributed by atoms with Crippen LogP contribution in [0.2, 0.25) is 0 Å². The Morgan fingerprint density at radius 2 is 1.78 bits per heavy atom. The molecule has 0 aliphatic rings. The second-order valence-corrected chi connectivity index (χ2v) is 5.10. The van der Waals surface area contributed by atoms with Gasteiger partial charge in [0.05, 0.1) is 11.3 Å². The van der Waals surface area contributed by atoms with Crippen molar-refractivity contribution >= 4 is 23.1 Å². The zero-order valence-corrected chi connectivity index (χ0v) is 12.0. The number of aromatic nitrogens is 1. The summed E-state index contributed by atoms with van der Waals surface area (Å²) in [5.41, 5.74) is 1.22. The summed E-state index contributed by atoms with van der Waals surface area (Å²) in [6.45, 7) is 7.86. The number of pyridine rings is 1. The molecule has 1 amide bonds. The van der Waals surface area contributed by atoms with Crippen LogP contribution in [0.15, 0.2) is 18.3 Å². The fourth-order valence-corrected chi connectivity index (χ4v) is 1.70. The third kappa shape index (κ3) is 4.41. The molecule has 4 nitrogen and oxygen atoms in total. The van der Waals surface area contributed by atoms with E-state index in [0.29, 0.717) is 16.2 Å². The number of nitrogens with zero attached hydrogens (tertiary/aromatic N) is 1. The van der Waals surface area contributed by atoms with Crippen molar-refractivity contribution in [3.8, 4) is 0 Å². The first-order valence-corrected chi connectivity index (χ1v) is 6.38. The van der Waals surface area contributed by atoms with Gasteiger partial charge in [0, 0.05) is 18.3 Å². The number of hydrogen-bond acceptors (Lipinski definition) is 3. The lowest BCUT2D eigenvalue weighted by atomic mass is 10.2. The Morgan fingerprint density at radius 3 is 2.22 bits per heavy atom. The zero-order chi connectivity index (χ0) is 13.7. The summed E-state index contributed by atoms with van der Waals surface area (Å²) in [6, 6.07) is 3.87. The Morgan fingerprint density at radius 1 is 1.17 bits per heavy atom. The maximum atomic E-state index is 11.7. The van der Waals surface area contributed by atoms with Gasteiger partial charge in [-0.1, -0.05) is 12.2 Å². The first kappa shape index (κ1) is 14.6. The summed E-state index contributed by atoms with van der Waals surface area (Å²) in [5, 5.41) is 5.92. The molecule has 0 aliphatic carbocycles. The maximum Gasteiger partial charge on any atom is 0.253 e. The van der Waals surface area contributed by atoms with Gasteiger partial charge in [-0.2, -0.15) is 0 Å². The van der Waals surface area contributed by atoms with Crippen LogP contribution in [0.4, 0.5) is 0 Å². The van der Waals surface area contributed by atoms with Crippen LogP contribution in [0.3, 0.4) is 0 Å². The standard InChI is InChI=1S/C13H19N3OS/c1-8(2)15-12(17)10-5-6-11(14-7-10)13(18)16-9(3)4/h5-9H,1-4H3,(H,15,17)(H,16,18). The van der Waals surface area contributed by atoms with Gasteiger partial charge in [-0.25, -0.2) is 0 Å². The third-order valence-corrected chi connectivity index (χ3v) is 2.42. The van der Waals surface area contributed by atoms with Crippen LogP contribution in [0.25, 0.3) is 0 Å². The molecular weight excluding hydrogens is 246 g/mol. The molecular formula is C13H19N3OS. The van der Waals surface area contributed by atoms with Gasteiger partial charge in [-0.05, 0) is 39.8 Å². The molecule has 0 aliphatic heterocycles. The van der Waals surface area contributed by atoms with Crippen molar-refractivity contribution in [1.82, 2.24) is 15.6 Å². The normalized spacial score (nSPS) is 10.6. The monoisotopic (exact) mass is 265 g/mol. The number of thiocarbonyl (C=S) groups is 1. The van der Waals surface area contributed by atoms with Crippen molar-refractivity contribution in [3.05, 3.63) is 29.6 Å². The van der Waals surface area contributed by atoms with Crippen molar-refractivity contribution in [1.29, 1.82) is 0 Å². The first-order chi connectivity index (χ1) is 8.40. The van der Waals surface area contributed by atoms with E-state index >= 15 is 0 Å². The Labute approximate surface area is 113 Å². The number of carbonyl (C=O) groups excluding carboxylic acids is 1. The molecule has 1 aromatic rings. The van der Waals surface area contributed by atoms with Crippen LogP contribution in [0.5, 0.6) is 0 Å². The predicted molar refractivity (Wildman–Crippen MR) is 76.8 cm³/mol. The molecule has 0 bridgehead atoms. The average molecular weight is 265 g/mol.